The van der Waals surface area contributed by atoms with Crippen LogP contribution in [0.3, 0.4) is 0 Å². The minimum Gasteiger partial charge on any atom is -0.328 e. The lowest BCUT2D eigenvalue weighted by atomic mass is 9.73. The Kier molecular flexibility index (Phi) is 3.81. The van der Waals surface area contributed by atoms with Crippen LogP contribution in [-0.4, -0.2) is 30.2 Å². The molecule has 29 heavy (non-hydrogen) atoms. The van der Waals surface area contributed by atoms with Crippen LogP contribution in [0.25, 0.3) is 27.7 Å². The average Bonchev–Trinajstić information content (AvgIpc) is 3.20. The Labute approximate surface area is 167 Å². The third-order valence-electron chi connectivity index (χ3n) is 5.87. The van der Waals surface area contributed by atoms with Crippen molar-refractivity contribution < 1.29 is 4.39 Å². The zero-order valence-electron chi connectivity index (χ0n) is 16.7. The molecule has 0 radical (unpaired) electrons. The van der Waals surface area contributed by atoms with E-state index in [1.165, 1.54) is 6.07 Å². The number of nitrogens with zero attached hydrogens (tertiary/aromatic N) is 5. The Morgan fingerprint density at radius 1 is 1.24 bits per heavy atom. The smallest absolute Gasteiger partial charge is 0.169 e. The first-order valence-electron chi connectivity index (χ1n) is 9.84. The first-order valence-corrected chi connectivity index (χ1v) is 9.84. The lowest BCUT2D eigenvalue weighted by Crippen LogP contribution is -2.56. The average molecular weight is 393 g/mol. The normalized spacial score (nSPS) is 22.0. The molecule has 0 atom stereocenters. The van der Waals surface area contributed by atoms with Crippen molar-refractivity contribution in [2.45, 2.75) is 51.2 Å². The molecule has 5 rings (SSSR count). The molecule has 3 heterocycles. The van der Waals surface area contributed by atoms with Gasteiger partial charge in [0.15, 0.2) is 11.6 Å². The van der Waals surface area contributed by atoms with E-state index in [9.17, 15) is 4.39 Å². The fourth-order valence-electron chi connectivity index (χ4n) is 4.51. The van der Waals surface area contributed by atoms with Gasteiger partial charge >= 0.3 is 0 Å². The lowest BCUT2D eigenvalue weighted by molar-refractivity contribution is 0.196. The maximum Gasteiger partial charge on any atom is 0.169 e. The van der Waals surface area contributed by atoms with E-state index in [1.807, 2.05) is 29.8 Å². The van der Waals surface area contributed by atoms with Crippen LogP contribution in [0, 0.1) is 12.7 Å². The molecule has 4 aromatic rings. The maximum absolute atomic E-state index is 14.9. The third kappa shape index (κ3) is 2.67. The van der Waals surface area contributed by atoms with Gasteiger partial charge in [-0.25, -0.2) is 18.9 Å². The Morgan fingerprint density at radius 3 is 2.69 bits per heavy atom. The molecule has 0 aliphatic heterocycles. The van der Waals surface area contributed by atoms with Gasteiger partial charge in [-0.15, -0.1) is 0 Å². The molecular formula is C21H24FN7. The zero-order valence-corrected chi connectivity index (χ0v) is 16.7. The quantitative estimate of drug-likeness (QED) is 0.557. The Bertz CT molecular complexity index is 1250. The van der Waals surface area contributed by atoms with Gasteiger partial charge in [-0.1, -0.05) is 0 Å². The van der Waals surface area contributed by atoms with Gasteiger partial charge in [0.25, 0.3) is 0 Å². The summed E-state index contributed by atoms with van der Waals surface area (Å²) in [7, 11) is 0. The summed E-state index contributed by atoms with van der Waals surface area (Å²) in [5, 5.41) is 4.60. The number of nitrogens with two attached hydrogens (primary N) is 2. The number of rotatable bonds is 3. The number of hydrogen-bond acceptors (Lipinski definition) is 5. The van der Waals surface area contributed by atoms with Crippen molar-refractivity contribution in [3.05, 3.63) is 48.1 Å². The van der Waals surface area contributed by atoms with Crippen LogP contribution in [0.2, 0.25) is 0 Å². The molecule has 1 fully saturated rings. The highest BCUT2D eigenvalue weighted by molar-refractivity contribution is 5.88. The van der Waals surface area contributed by atoms with E-state index in [0.717, 1.165) is 28.0 Å². The summed E-state index contributed by atoms with van der Waals surface area (Å²) in [6.07, 6.45) is 4.95. The van der Waals surface area contributed by atoms with E-state index in [0.29, 0.717) is 24.2 Å². The number of benzene rings is 1. The Hall–Kier alpha value is -2.84. The number of halogens is 1. The highest BCUT2D eigenvalue weighted by Gasteiger charge is 2.43. The van der Waals surface area contributed by atoms with Crippen molar-refractivity contribution in [2.75, 3.05) is 0 Å². The van der Waals surface area contributed by atoms with Gasteiger partial charge in [-0.2, -0.15) is 5.10 Å². The number of aryl methyl sites for hydroxylation is 1. The van der Waals surface area contributed by atoms with Gasteiger partial charge < -0.3 is 16.0 Å². The van der Waals surface area contributed by atoms with E-state index in [-0.39, 0.29) is 17.9 Å². The molecule has 4 N–H and O–H groups in total. The van der Waals surface area contributed by atoms with E-state index < -0.39 is 5.54 Å². The van der Waals surface area contributed by atoms with Crippen molar-refractivity contribution in [1.29, 1.82) is 0 Å². The van der Waals surface area contributed by atoms with E-state index >= 15 is 0 Å². The molecule has 1 saturated carbocycles. The van der Waals surface area contributed by atoms with E-state index in [4.69, 9.17) is 11.5 Å². The van der Waals surface area contributed by atoms with Gasteiger partial charge in [0.05, 0.1) is 22.8 Å². The summed E-state index contributed by atoms with van der Waals surface area (Å²) < 4.78 is 18.7. The first kappa shape index (κ1) is 18.2. The number of hydrogen-bond donors (Lipinski definition) is 2. The Balaban J connectivity index is 1.64. The molecule has 3 aromatic heterocycles. The molecular weight excluding hydrogens is 369 g/mol. The molecule has 0 amide bonds. The standard InChI is InChI=1S/C21H24FN7/c1-11(2)29-12(3)26-19-16(22)6-13(7-17(19)29)15-4-5-28-18(15)10-25-20(27-28)21(24)8-14(23)9-21/h4-7,10-11,14H,8-9,23-24H2,1-3H3. The second-order valence-corrected chi connectivity index (χ2v) is 8.41. The highest BCUT2D eigenvalue weighted by Crippen LogP contribution is 2.37. The van der Waals surface area contributed by atoms with Crippen LogP contribution >= 0.6 is 0 Å². The zero-order chi connectivity index (χ0) is 20.5. The maximum atomic E-state index is 14.9. The second-order valence-electron chi connectivity index (χ2n) is 8.41. The summed E-state index contributed by atoms with van der Waals surface area (Å²) in [5.41, 5.74) is 15.3. The van der Waals surface area contributed by atoms with Crippen LogP contribution < -0.4 is 11.5 Å². The van der Waals surface area contributed by atoms with Gasteiger partial charge in [0, 0.05) is 23.8 Å². The van der Waals surface area contributed by atoms with Crippen molar-refractivity contribution in [3.63, 3.8) is 0 Å². The van der Waals surface area contributed by atoms with Crippen LogP contribution in [0.5, 0.6) is 0 Å². The fourth-order valence-corrected chi connectivity index (χ4v) is 4.51. The summed E-state index contributed by atoms with van der Waals surface area (Å²) in [6.45, 7) is 6.03. The first-order chi connectivity index (χ1) is 13.8. The van der Waals surface area contributed by atoms with Crippen molar-refractivity contribution >= 4 is 16.6 Å². The predicted octanol–water partition coefficient (Wildman–Crippen LogP) is 3.05. The monoisotopic (exact) mass is 393 g/mol. The predicted molar refractivity (Wildman–Crippen MR) is 110 cm³/mol. The summed E-state index contributed by atoms with van der Waals surface area (Å²) >= 11 is 0. The second kappa shape index (κ2) is 6.08. The molecule has 0 spiro atoms. The molecule has 1 aliphatic carbocycles. The molecule has 8 heteroatoms. The van der Waals surface area contributed by atoms with E-state index in [2.05, 4.69) is 28.9 Å². The summed E-state index contributed by atoms with van der Waals surface area (Å²) in [5.74, 6) is 1.05. The molecule has 150 valence electrons. The molecule has 0 saturated heterocycles. The Morgan fingerprint density at radius 2 is 2.00 bits per heavy atom. The van der Waals surface area contributed by atoms with E-state index in [1.54, 1.807) is 10.7 Å². The van der Waals surface area contributed by atoms with Crippen LogP contribution in [0.4, 0.5) is 4.39 Å². The summed E-state index contributed by atoms with van der Waals surface area (Å²) in [6, 6.07) is 5.71. The lowest BCUT2D eigenvalue weighted by Gasteiger charge is -2.41. The van der Waals surface area contributed by atoms with Crippen LogP contribution in [0.15, 0.2) is 30.6 Å². The SMILES string of the molecule is Cc1nc2c(F)cc(-c3ccn4nc(C5(N)CC(N)C5)ncc34)cc2n1C(C)C. The molecule has 7 nitrogen and oxygen atoms in total. The molecule has 1 aliphatic rings. The van der Waals surface area contributed by atoms with Crippen LogP contribution in [-0.2, 0) is 5.54 Å². The van der Waals surface area contributed by atoms with Gasteiger partial charge in [0.1, 0.15) is 11.3 Å². The van der Waals surface area contributed by atoms with Crippen molar-refractivity contribution in [1.82, 2.24) is 24.1 Å². The van der Waals surface area contributed by atoms with Crippen LogP contribution in [0.1, 0.15) is 44.4 Å². The number of aromatic nitrogens is 5. The summed E-state index contributed by atoms with van der Waals surface area (Å²) in [4.78, 5) is 8.92. The third-order valence-corrected chi connectivity index (χ3v) is 5.87. The molecule has 0 bridgehead atoms. The minimum atomic E-state index is -0.565. The molecule has 1 aromatic carbocycles. The number of imidazole rings is 1. The van der Waals surface area contributed by atoms with Gasteiger partial charge in [-0.3, -0.25) is 0 Å². The fraction of sp³-hybridized carbons (Fsp3) is 0.381. The molecule has 0 unspecified atom stereocenters. The topological polar surface area (TPSA) is 100 Å². The highest BCUT2D eigenvalue weighted by atomic mass is 19.1. The van der Waals surface area contributed by atoms with Crippen molar-refractivity contribution in [3.8, 4) is 11.1 Å². The largest absolute Gasteiger partial charge is 0.328 e. The van der Waals surface area contributed by atoms with Crippen molar-refractivity contribution in [2.24, 2.45) is 11.5 Å². The van der Waals surface area contributed by atoms with Gasteiger partial charge in [-0.05, 0) is 57.4 Å². The van der Waals surface area contributed by atoms with Gasteiger partial charge in [0.2, 0.25) is 0 Å². The number of fused-ring (bicyclic) bond motifs is 2. The minimum absolute atomic E-state index is 0.100.